The van der Waals surface area contributed by atoms with Crippen LogP contribution < -0.4 is 10.1 Å². The lowest BCUT2D eigenvalue weighted by Crippen LogP contribution is -2.40. The molecule has 1 atom stereocenters. The predicted octanol–water partition coefficient (Wildman–Crippen LogP) is 2.51. The standard InChI is InChI=1S/C22H31N3O2S/c1-18-5-4-9-24-21(18)8-10-23-15-19-6-2-3-7-22(19)27-17-20(26)16-25-11-13-28-14-12-25/h2-7,9,20,23,26H,8,10-17H2,1H3/t20-/m0/s1. The molecule has 2 aromatic rings. The molecular weight excluding hydrogens is 370 g/mol. The maximum atomic E-state index is 10.3. The van der Waals surface area contributed by atoms with Gasteiger partial charge in [-0.15, -0.1) is 0 Å². The number of hydrogen-bond donors (Lipinski definition) is 2. The zero-order chi connectivity index (χ0) is 19.6. The van der Waals surface area contributed by atoms with Crippen LogP contribution in [0, 0.1) is 6.92 Å². The van der Waals surface area contributed by atoms with Crippen LogP contribution in [0.25, 0.3) is 0 Å². The molecule has 2 N–H and O–H groups in total. The van der Waals surface area contributed by atoms with Gasteiger partial charge in [0.1, 0.15) is 18.5 Å². The number of nitrogens with one attached hydrogen (secondary N) is 1. The molecule has 1 aromatic carbocycles. The molecule has 28 heavy (non-hydrogen) atoms. The Hall–Kier alpha value is -1.60. The third kappa shape index (κ3) is 6.78. The van der Waals surface area contributed by atoms with Crippen LogP contribution >= 0.6 is 11.8 Å². The lowest BCUT2D eigenvalue weighted by Gasteiger charge is -2.28. The van der Waals surface area contributed by atoms with Gasteiger partial charge >= 0.3 is 0 Å². The van der Waals surface area contributed by atoms with Crippen LogP contribution in [0.2, 0.25) is 0 Å². The van der Waals surface area contributed by atoms with E-state index in [1.54, 1.807) is 0 Å². The lowest BCUT2D eigenvalue weighted by molar-refractivity contribution is 0.0711. The molecule has 152 valence electrons. The Labute approximate surface area is 172 Å². The van der Waals surface area contributed by atoms with Crippen molar-refractivity contribution in [3.8, 4) is 5.75 Å². The molecule has 0 saturated carbocycles. The molecular formula is C22H31N3O2S. The fourth-order valence-corrected chi connectivity index (χ4v) is 4.30. The first-order chi connectivity index (χ1) is 13.7. The number of nitrogens with zero attached hydrogens (tertiary/aromatic N) is 2. The number of ether oxygens (including phenoxy) is 1. The Morgan fingerprint density at radius 2 is 2.04 bits per heavy atom. The van der Waals surface area contributed by atoms with Crippen molar-refractivity contribution in [2.45, 2.75) is 26.0 Å². The van der Waals surface area contributed by atoms with Gasteiger partial charge in [-0.05, 0) is 24.6 Å². The van der Waals surface area contributed by atoms with Crippen LogP contribution in [0.5, 0.6) is 5.75 Å². The van der Waals surface area contributed by atoms with Gasteiger partial charge in [-0.25, -0.2) is 0 Å². The molecule has 1 aliphatic rings. The van der Waals surface area contributed by atoms with Gasteiger partial charge in [-0.3, -0.25) is 9.88 Å². The number of β-amino-alcohol motifs (C(OH)–C–C–N with tert-alkyl or cyclic N) is 1. The van der Waals surface area contributed by atoms with Gasteiger partial charge in [0.05, 0.1) is 0 Å². The van der Waals surface area contributed by atoms with E-state index in [-0.39, 0.29) is 0 Å². The minimum absolute atomic E-state index is 0.327. The van der Waals surface area contributed by atoms with Crippen molar-refractivity contribution in [3.63, 3.8) is 0 Å². The molecule has 5 nitrogen and oxygen atoms in total. The first-order valence-electron chi connectivity index (χ1n) is 10.0. The number of hydrogen-bond acceptors (Lipinski definition) is 6. The highest BCUT2D eigenvalue weighted by molar-refractivity contribution is 7.99. The molecule has 0 amide bonds. The maximum absolute atomic E-state index is 10.3. The lowest BCUT2D eigenvalue weighted by atomic mass is 10.1. The van der Waals surface area contributed by atoms with Gasteiger partial charge in [0.15, 0.2) is 0 Å². The zero-order valence-corrected chi connectivity index (χ0v) is 17.5. The molecule has 2 heterocycles. The number of pyridine rings is 1. The van der Waals surface area contributed by atoms with Gasteiger partial charge in [-0.2, -0.15) is 11.8 Å². The van der Waals surface area contributed by atoms with E-state index in [0.717, 1.165) is 61.1 Å². The smallest absolute Gasteiger partial charge is 0.123 e. The Kier molecular flexibility index (Phi) is 8.61. The second kappa shape index (κ2) is 11.4. The summed E-state index contributed by atoms with van der Waals surface area (Å²) in [6, 6.07) is 12.1. The van der Waals surface area contributed by atoms with Gasteiger partial charge in [0.25, 0.3) is 0 Å². The number of rotatable bonds is 10. The summed E-state index contributed by atoms with van der Waals surface area (Å²) in [6.45, 7) is 6.82. The second-order valence-corrected chi connectivity index (χ2v) is 8.40. The highest BCUT2D eigenvalue weighted by Crippen LogP contribution is 2.18. The van der Waals surface area contributed by atoms with E-state index in [9.17, 15) is 5.11 Å². The number of aryl methyl sites for hydroxylation is 1. The molecule has 0 aliphatic carbocycles. The van der Waals surface area contributed by atoms with Crippen LogP contribution in [0.1, 0.15) is 16.8 Å². The molecule has 0 radical (unpaired) electrons. The van der Waals surface area contributed by atoms with E-state index in [2.05, 4.69) is 34.3 Å². The van der Waals surface area contributed by atoms with Crippen molar-refractivity contribution in [3.05, 3.63) is 59.4 Å². The van der Waals surface area contributed by atoms with Gasteiger partial charge in [-0.1, -0.05) is 24.3 Å². The summed E-state index contributed by atoms with van der Waals surface area (Å²) < 4.78 is 5.94. The number of aliphatic hydroxyl groups excluding tert-OH is 1. The first kappa shape index (κ1) is 21.1. The average molecular weight is 402 g/mol. The third-order valence-electron chi connectivity index (χ3n) is 4.95. The largest absolute Gasteiger partial charge is 0.491 e. The summed E-state index contributed by atoms with van der Waals surface area (Å²) in [5.74, 6) is 3.15. The van der Waals surface area contributed by atoms with Crippen LogP contribution in [0.4, 0.5) is 0 Å². The van der Waals surface area contributed by atoms with Gasteiger partial charge < -0.3 is 15.2 Å². The number of benzene rings is 1. The summed E-state index contributed by atoms with van der Waals surface area (Å²) in [6.07, 6.45) is 2.29. The highest BCUT2D eigenvalue weighted by Gasteiger charge is 2.15. The van der Waals surface area contributed by atoms with Crippen molar-refractivity contribution in [1.29, 1.82) is 0 Å². The van der Waals surface area contributed by atoms with E-state index in [0.29, 0.717) is 13.2 Å². The van der Waals surface area contributed by atoms with Gasteiger partial charge in [0.2, 0.25) is 0 Å². The summed E-state index contributed by atoms with van der Waals surface area (Å²) in [4.78, 5) is 6.76. The van der Waals surface area contributed by atoms with Gasteiger partial charge in [0, 0.05) is 68.1 Å². The normalized spacial score (nSPS) is 16.1. The molecule has 0 unspecified atom stereocenters. The van der Waals surface area contributed by atoms with Crippen molar-refractivity contribution in [2.75, 3.05) is 44.3 Å². The molecule has 1 aliphatic heterocycles. The van der Waals surface area contributed by atoms with Crippen molar-refractivity contribution in [1.82, 2.24) is 15.2 Å². The SMILES string of the molecule is Cc1cccnc1CCNCc1ccccc1OC[C@@H](O)CN1CCSCC1. The number of aromatic nitrogens is 1. The molecule has 1 saturated heterocycles. The number of aliphatic hydroxyl groups is 1. The Balaban J connectivity index is 1.42. The summed E-state index contributed by atoms with van der Waals surface area (Å²) >= 11 is 1.98. The van der Waals surface area contributed by atoms with E-state index >= 15 is 0 Å². The molecule has 3 rings (SSSR count). The molecule has 6 heteroatoms. The van der Waals surface area contributed by atoms with E-state index < -0.39 is 6.10 Å². The number of para-hydroxylation sites is 1. The fourth-order valence-electron chi connectivity index (χ4n) is 3.32. The first-order valence-corrected chi connectivity index (χ1v) is 11.2. The van der Waals surface area contributed by atoms with Crippen LogP contribution in [0.15, 0.2) is 42.6 Å². The van der Waals surface area contributed by atoms with Crippen molar-refractivity contribution < 1.29 is 9.84 Å². The predicted molar refractivity (Wildman–Crippen MR) is 116 cm³/mol. The zero-order valence-electron chi connectivity index (χ0n) is 16.6. The Bertz CT molecular complexity index is 722. The topological polar surface area (TPSA) is 57.6 Å². The minimum atomic E-state index is -0.462. The summed E-state index contributed by atoms with van der Waals surface area (Å²) in [7, 11) is 0. The molecule has 0 spiro atoms. The quantitative estimate of drug-likeness (QED) is 0.597. The minimum Gasteiger partial charge on any atom is -0.491 e. The Morgan fingerprint density at radius 1 is 1.21 bits per heavy atom. The Morgan fingerprint density at radius 3 is 2.86 bits per heavy atom. The maximum Gasteiger partial charge on any atom is 0.123 e. The van der Waals surface area contributed by atoms with E-state index in [1.807, 2.05) is 42.2 Å². The summed E-state index contributed by atoms with van der Waals surface area (Å²) in [5, 5.41) is 13.8. The summed E-state index contributed by atoms with van der Waals surface area (Å²) in [5.41, 5.74) is 3.48. The van der Waals surface area contributed by atoms with E-state index in [4.69, 9.17) is 4.74 Å². The fraction of sp³-hybridized carbons (Fsp3) is 0.500. The highest BCUT2D eigenvalue weighted by atomic mass is 32.2. The van der Waals surface area contributed by atoms with Crippen LogP contribution in [0.3, 0.4) is 0 Å². The van der Waals surface area contributed by atoms with E-state index in [1.165, 1.54) is 5.56 Å². The third-order valence-corrected chi connectivity index (χ3v) is 5.89. The molecule has 1 aromatic heterocycles. The van der Waals surface area contributed by atoms with Crippen LogP contribution in [-0.2, 0) is 13.0 Å². The second-order valence-electron chi connectivity index (χ2n) is 7.18. The van der Waals surface area contributed by atoms with Crippen molar-refractivity contribution in [2.24, 2.45) is 0 Å². The number of thioether (sulfide) groups is 1. The molecule has 0 bridgehead atoms. The van der Waals surface area contributed by atoms with Crippen LogP contribution in [-0.4, -0.2) is 65.4 Å². The monoisotopic (exact) mass is 401 g/mol. The van der Waals surface area contributed by atoms with Crippen molar-refractivity contribution >= 4 is 11.8 Å². The molecule has 1 fully saturated rings. The average Bonchev–Trinajstić information content (AvgIpc) is 2.72.